The first-order chi connectivity index (χ1) is 14.3. The maximum atomic E-state index is 12.8. The first-order valence-electron chi connectivity index (χ1n) is 8.74. The van der Waals surface area contributed by atoms with Crippen LogP contribution in [0.15, 0.2) is 54.7 Å². The standard InChI is InChI=1S/C20H14F3N5OS/c1-11-14(17(29)26-13-6-4-5-12(9-13)20(21,22)23)10-24-18(25-11)28-19-27-15-7-2-3-8-16(15)30-19/h2-10H,1H3,(H,26,29)(H,24,25,27,28). The summed E-state index contributed by atoms with van der Waals surface area (Å²) in [6, 6.07) is 12.1. The molecule has 30 heavy (non-hydrogen) atoms. The molecule has 0 fully saturated rings. The van der Waals surface area contributed by atoms with Crippen molar-refractivity contribution in [3.05, 3.63) is 71.5 Å². The number of amides is 1. The normalized spacial score (nSPS) is 11.5. The summed E-state index contributed by atoms with van der Waals surface area (Å²) in [5.74, 6) is -0.333. The molecule has 6 nitrogen and oxygen atoms in total. The third-order valence-electron chi connectivity index (χ3n) is 4.18. The molecule has 2 aromatic carbocycles. The summed E-state index contributed by atoms with van der Waals surface area (Å²) in [6.45, 7) is 1.62. The van der Waals surface area contributed by atoms with E-state index in [1.54, 1.807) is 6.92 Å². The van der Waals surface area contributed by atoms with Crippen LogP contribution in [0.2, 0.25) is 0 Å². The van der Waals surface area contributed by atoms with Gasteiger partial charge in [-0.2, -0.15) is 13.2 Å². The van der Waals surface area contributed by atoms with Crippen molar-refractivity contribution in [1.29, 1.82) is 0 Å². The molecule has 0 bridgehead atoms. The number of carbonyl (C=O) groups is 1. The Bertz CT molecular complexity index is 1210. The van der Waals surface area contributed by atoms with E-state index in [1.165, 1.54) is 29.7 Å². The Morgan fingerprint density at radius 1 is 1.07 bits per heavy atom. The van der Waals surface area contributed by atoms with Gasteiger partial charge in [0.25, 0.3) is 5.91 Å². The van der Waals surface area contributed by atoms with Crippen molar-refractivity contribution in [3.63, 3.8) is 0 Å². The third-order valence-corrected chi connectivity index (χ3v) is 5.14. The van der Waals surface area contributed by atoms with Crippen LogP contribution in [-0.2, 0) is 6.18 Å². The van der Waals surface area contributed by atoms with Crippen molar-refractivity contribution in [2.75, 3.05) is 10.6 Å². The molecule has 0 spiro atoms. The van der Waals surface area contributed by atoms with E-state index in [0.29, 0.717) is 10.8 Å². The van der Waals surface area contributed by atoms with Gasteiger partial charge in [-0.1, -0.05) is 29.5 Å². The molecule has 1 amide bonds. The van der Waals surface area contributed by atoms with Crippen LogP contribution in [0.5, 0.6) is 0 Å². The van der Waals surface area contributed by atoms with Gasteiger partial charge in [-0.25, -0.2) is 15.0 Å². The number of hydrogen-bond acceptors (Lipinski definition) is 6. The SMILES string of the molecule is Cc1nc(Nc2nc3ccccc3s2)ncc1C(=O)Nc1cccc(C(F)(F)F)c1. The molecule has 0 radical (unpaired) electrons. The maximum Gasteiger partial charge on any atom is 0.416 e. The molecule has 0 aliphatic carbocycles. The van der Waals surface area contributed by atoms with E-state index in [1.807, 2.05) is 24.3 Å². The van der Waals surface area contributed by atoms with Gasteiger partial charge >= 0.3 is 6.18 Å². The third kappa shape index (κ3) is 4.23. The van der Waals surface area contributed by atoms with E-state index < -0.39 is 17.6 Å². The number of aryl methyl sites for hydroxylation is 1. The van der Waals surface area contributed by atoms with Crippen LogP contribution >= 0.6 is 11.3 Å². The van der Waals surface area contributed by atoms with Crippen molar-refractivity contribution in [2.45, 2.75) is 13.1 Å². The lowest BCUT2D eigenvalue weighted by molar-refractivity contribution is -0.137. The van der Waals surface area contributed by atoms with E-state index in [2.05, 4.69) is 25.6 Å². The van der Waals surface area contributed by atoms with E-state index >= 15 is 0 Å². The van der Waals surface area contributed by atoms with Gasteiger partial charge in [0, 0.05) is 11.9 Å². The Balaban J connectivity index is 1.50. The molecular weight excluding hydrogens is 415 g/mol. The van der Waals surface area contributed by atoms with Gasteiger partial charge in [-0.3, -0.25) is 4.79 Å². The summed E-state index contributed by atoms with van der Waals surface area (Å²) < 4.78 is 39.5. The average molecular weight is 429 g/mol. The highest BCUT2D eigenvalue weighted by atomic mass is 32.1. The zero-order valence-electron chi connectivity index (χ0n) is 15.5. The van der Waals surface area contributed by atoms with Crippen molar-refractivity contribution in [2.24, 2.45) is 0 Å². The fraction of sp³-hybridized carbons (Fsp3) is 0.100. The van der Waals surface area contributed by atoms with E-state index in [0.717, 1.165) is 22.3 Å². The molecule has 0 saturated carbocycles. The lowest BCUT2D eigenvalue weighted by atomic mass is 10.1. The summed E-state index contributed by atoms with van der Waals surface area (Å²) in [4.78, 5) is 25.3. The quantitative estimate of drug-likeness (QED) is 0.454. The fourth-order valence-electron chi connectivity index (χ4n) is 2.74. The number of hydrogen-bond donors (Lipinski definition) is 2. The number of benzene rings is 2. The highest BCUT2D eigenvalue weighted by Crippen LogP contribution is 2.31. The molecule has 0 atom stereocenters. The summed E-state index contributed by atoms with van der Waals surface area (Å²) in [5.41, 5.74) is 0.564. The number of aromatic nitrogens is 3. The van der Waals surface area contributed by atoms with E-state index in [4.69, 9.17) is 0 Å². The van der Waals surface area contributed by atoms with Gasteiger partial charge < -0.3 is 10.6 Å². The number of nitrogens with one attached hydrogen (secondary N) is 2. The number of carbonyl (C=O) groups excluding carboxylic acids is 1. The van der Waals surface area contributed by atoms with E-state index in [9.17, 15) is 18.0 Å². The molecular formula is C20H14F3N5OS. The minimum Gasteiger partial charge on any atom is -0.322 e. The Labute approximate surface area is 172 Å². The minimum atomic E-state index is -4.49. The number of rotatable bonds is 4. The molecule has 4 rings (SSSR count). The number of alkyl halides is 3. The van der Waals surface area contributed by atoms with Crippen LogP contribution in [0, 0.1) is 6.92 Å². The molecule has 2 heterocycles. The second-order valence-electron chi connectivity index (χ2n) is 6.34. The minimum absolute atomic E-state index is 0.0332. The first kappa shape index (κ1) is 19.8. The molecule has 2 N–H and O–H groups in total. The number of nitrogens with zero attached hydrogens (tertiary/aromatic N) is 3. The number of thiazole rings is 1. The summed E-state index contributed by atoms with van der Waals surface area (Å²) in [6.07, 6.45) is -3.17. The monoisotopic (exact) mass is 429 g/mol. The zero-order chi connectivity index (χ0) is 21.3. The number of halogens is 3. The van der Waals surface area contributed by atoms with Crippen LogP contribution < -0.4 is 10.6 Å². The maximum absolute atomic E-state index is 12.8. The topological polar surface area (TPSA) is 79.8 Å². The molecule has 0 aliphatic rings. The highest BCUT2D eigenvalue weighted by Gasteiger charge is 2.30. The van der Waals surface area contributed by atoms with Crippen molar-refractivity contribution in [3.8, 4) is 0 Å². The second kappa shape index (κ2) is 7.71. The lowest BCUT2D eigenvalue weighted by Gasteiger charge is -2.11. The van der Waals surface area contributed by atoms with Crippen LogP contribution in [0.25, 0.3) is 10.2 Å². The average Bonchev–Trinajstić information content (AvgIpc) is 3.09. The number of para-hydroxylation sites is 1. The molecule has 2 aromatic heterocycles. The van der Waals surface area contributed by atoms with Crippen molar-refractivity contribution >= 4 is 44.2 Å². The largest absolute Gasteiger partial charge is 0.416 e. The van der Waals surface area contributed by atoms with Crippen LogP contribution in [0.3, 0.4) is 0 Å². The van der Waals surface area contributed by atoms with Gasteiger partial charge in [-0.15, -0.1) is 0 Å². The smallest absolute Gasteiger partial charge is 0.322 e. The van der Waals surface area contributed by atoms with Gasteiger partial charge in [0.1, 0.15) is 0 Å². The zero-order valence-corrected chi connectivity index (χ0v) is 16.3. The van der Waals surface area contributed by atoms with Gasteiger partial charge in [0.05, 0.1) is 27.0 Å². The number of anilines is 3. The van der Waals surface area contributed by atoms with Crippen molar-refractivity contribution < 1.29 is 18.0 Å². The molecule has 0 saturated heterocycles. The lowest BCUT2D eigenvalue weighted by Crippen LogP contribution is -2.16. The Morgan fingerprint density at radius 2 is 1.87 bits per heavy atom. The summed E-state index contributed by atoms with van der Waals surface area (Å²) >= 11 is 1.44. The predicted molar refractivity (Wildman–Crippen MR) is 109 cm³/mol. The molecule has 0 unspecified atom stereocenters. The second-order valence-corrected chi connectivity index (χ2v) is 7.37. The van der Waals surface area contributed by atoms with Gasteiger partial charge in [0.2, 0.25) is 5.95 Å². The van der Waals surface area contributed by atoms with Gasteiger partial charge in [0.15, 0.2) is 5.13 Å². The Hall–Kier alpha value is -3.53. The van der Waals surface area contributed by atoms with Crippen LogP contribution in [-0.4, -0.2) is 20.9 Å². The van der Waals surface area contributed by atoms with Crippen molar-refractivity contribution in [1.82, 2.24) is 15.0 Å². The molecule has 4 aromatic rings. The number of fused-ring (bicyclic) bond motifs is 1. The summed E-state index contributed by atoms with van der Waals surface area (Å²) in [7, 11) is 0. The predicted octanol–water partition coefficient (Wildman–Crippen LogP) is 5.41. The first-order valence-corrected chi connectivity index (χ1v) is 9.56. The van der Waals surface area contributed by atoms with Gasteiger partial charge in [-0.05, 0) is 37.3 Å². The Kier molecular flexibility index (Phi) is 5.08. The highest BCUT2D eigenvalue weighted by molar-refractivity contribution is 7.22. The molecule has 0 aliphatic heterocycles. The fourth-order valence-corrected chi connectivity index (χ4v) is 3.60. The Morgan fingerprint density at radius 3 is 2.60 bits per heavy atom. The summed E-state index contributed by atoms with van der Waals surface area (Å²) in [5, 5.41) is 6.06. The molecule has 10 heteroatoms. The van der Waals surface area contributed by atoms with Crippen LogP contribution in [0.1, 0.15) is 21.6 Å². The van der Waals surface area contributed by atoms with E-state index in [-0.39, 0.29) is 17.2 Å². The molecule has 152 valence electrons. The van der Waals surface area contributed by atoms with Crippen LogP contribution in [0.4, 0.5) is 29.9 Å².